The summed E-state index contributed by atoms with van der Waals surface area (Å²) in [7, 11) is 0. The van der Waals surface area contributed by atoms with E-state index in [-0.39, 0.29) is 17.3 Å². The number of rotatable bonds is 7. The number of hydrogen-bond acceptors (Lipinski definition) is 8. The number of benzene rings is 3. The lowest BCUT2D eigenvalue weighted by molar-refractivity contribution is -0.159. The van der Waals surface area contributed by atoms with Crippen LogP contribution in [-0.4, -0.2) is 69.3 Å². The minimum absolute atomic E-state index is 0.0834. The van der Waals surface area contributed by atoms with Crippen molar-refractivity contribution >= 4 is 39.1 Å². The SMILES string of the molecule is O=C(O)C(=O)O.O=C(c1ccc(OCCN2CCCCC2)cc1)c1c(-c2ccc(O)cc2)sc2cc(O)ccc12. The van der Waals surface area contributed by atoms with E-state index in [0.29, 0.717) is 17.7 Å². The Balaban J connectivity index is 0.000000557. The topological polar surface area (TPSA) is 145 Å². The number of likely N-dealkylation sites (tertiary alicyclic amines) is 1. The average Bonchev–Trinajstić information content (AvgIpc) is 3.33. The Morgan fingerprint density at radius 1 is 0.800 bits per heavy atom. The van der Waals surface area contributed by atoms with Crippen LogP contribution >= 0.6 is 11.3 Å². The monoisotopic (exact) mass is 563 g/mol. The average molecular weight is 564 g/mol. The molecule has 0 spiro atoms. The number of piperidine rings is 1. The van der Waals surface area contributed by atoms with Gasteiger partial charge in [0.25, 0.3) is 0 Å². The molecule has 0 radical (unpaired) electrons. The molecule has 0 atom stereocenters. The molecule has 0 saturated carbocycles. The lowest BCUT2D eigenvalue weighted by Crippen LogP contribution is -2.33. The van der Waals surface area contributed by atoms with Crippen molar-refractivity contribution in [2.45, 2.75) is 19.3 Å². The molecule has 4 aromatic rings. The number of hydrogen-bond donors (Lipinski definition) is 4. The smallest absolute Gasteiger partial charge is 0.414 e. The summed E-state index contributed by atoms with van der Waals surface area (Å²) in [6, 6.07) is 19.2. The number of carboxylic acid groups (broad SMARTS) is 2. The van der Waals surface area contributed by atoms with Crippen LogP contribution in [0.5, 0.6) is 17.2 Å². The van der Waals surface area contributed by atoms with Crippen molar-refractivity contribution in [3.63, 3.8) is 0 Å². The van der Waals surface area contributed by atoms with Crippen LogP contribution in [0.1, 0.15) is 35.2 Å². The van der Waals surface area contributed by atoms with Crippen LogP contribution in [0, 0.1) is 0 Å². The molecule has 4 N–H and O–H groups in total. The fourth-order valence-electron chi connectivity index (χ4n) is 4.45. The second-order valence-electron chi connectivity index (χ2n) is 9.25. The number of thiophene rings is 1. The molecule has 1 aliphatic heterocycles. The number of nitrogens with zero attached hydrogens (tertiary/aromatic N) is 1. The minimum Gasteiger partial charge on any atom is -0.508 e. The Bertz CT molecular complexity index is 1480. The second-order valence-corrected chi connectivity index (χ2v) is 10.3. The van der Waals surface area contributed by atoms with Crippen molar-refractivity contribution in [3.8, 4) is 27.7 Å². The van der Waals surface area contributed by atoms with E-state index in [1.165, 1.54) is 30.6 Å². The molecular weight excluding hydrogens is 534 g/mol. The summed E-state index contributed by atoms with van der Waals surface area (Å²) < 4.78 is 6.76. The van der Waals surface area contributed by atoms with Crippen LogP contribution in [0.2, 0.25) is 0 Å². The highest BCUT2D eigenvalue weighted by atomic mass is 32.1. The number of carbonyl (C=O) groups excluding carboxylic acids is 1. The Morgan fingerprint density at radius 2 is 1.43 bits per heavy atom. The summed E-state index contributed by atoms with van der Waals surface area (Å²) >= 11 is 1.46. The molecule has 3 aromatic carbocycles. The van der Waals surface area contributed by atoms with Crippen LogP contribution in [0.3, 0.4) is 0 Å². The molecule has 5 rings (SSSR count). The molecule has 0 amide bonds. The fourth-order valence-corrected chi connectivity index (χ4v) is 5.69. The molecule has 1 aromatic heterocycles. The van der Waals surface area contributed by atoms with Gasteiger partial charge in [0.2, 0.25) is 0 Å². The van der Waals surface area contributed by atoms with Crippen LogP contribution in [-0.2, 0) is 9.59 Å². The number of ether oxygens (including phenoxy) is 1. The number of aromatic hydroxyl groups is 2. The van der Waals surface area contributed by atoms with Gasteiger partial charge in [0, 0.05) is 32.6 Å². The van der Waals surface area contributed by atoms with Gasteiger partial charge in [0.15, 0.2) is 5.78 Å². The van der Waals surface area contributed by atoms with Crippen molar-refractivity contribution in [1.29, 1.82) is 0 Å². The molecule has 1 aliphatic rings. The van der Waals surface area contributed by atoms with E-state index in [1.807, 2.05) is 24.3 Å². The van der Waals surface area contributed by atoms with E-state index < -0.39 is 11.9 Å². The summed E-state index contributed by atoms with van der Waals surface area (Å²) in [5, 5.41) is 35.2. The van der Waals surface area contributed by atoms with E-state index in [4.69, 9.17) is 24.5 Å². The van der Waals surface area contributed by atoms with Crippen molar-refractivity contribution in [3.05, 3.63) is 77.9 Å². The van der Waals surface area contributed by atoms with Gasteiger partial charge in [-0.15, -0.1) is 11.3 Å². The number of aliphatic carboxylic acids is 2. The van der Waals surface area contributed by atoms with Crippen LogP contribution in [0.15, 0.2) is 66.7 Å². The quantitative estimate of drug-likeness (QED) is 0.175. The first-order valence-electron chi connectivity index (χ1n) is 12.7. The van der Waals surface area contributed by atoms with E-state index >= 15 is 0 Å². The number of ketones is 1. The van der Waals surface area contributed by atoms with Crippen molar-refractivity contribution in [2.24, 2.45) is 0 Å². The third-order valence-corrected chi connectivity index (χ3v) is 7.66. The van der Waals surface area contributed by atoms with Gasteiger partial charge in [0.1, 0.15) is 23.9 Å². The summed E-state index contributed by atoms with van der Waals surface area (Å²) in [5.41, 5.74) is 2.03. The van der Waals surface area contributed by atoms with Crippen molar-refractivity contribution in [1.82, 2.24) is 4.90 Å². The largest absolute Gasteiger partial charge is 0.508 e. The zero-order chi connectivity index (χ0) is 28.6. The predicted octanol–water partition coefficient (Wildman–Crippen LogP) is 5.23. The fraction of sp³-hybridized carbons (Fsp3) is 0.233. The van der Waals surface area contributed by atoms with Gasteiger partial charge in [0.05, 0.1) is 0 Å². The van der Waals surface area contributed by atoms with E-state index in [9.17, 15) is 15.0 Å². The molecule has 2 heterocycles. The van der Waals surface area contributed by atoms with Gasteiger partial charge < -0.3 is 25.2 Å². The standard InChI is InChI=1S/C28H27NO4S.C2H2O4/c30-21-8-4-20(5-9-21)28-26(24-13-10-22(31)18-25(24)34-28)27(32)19-6-11-23(12-7-19)33-17-16-29-14-2-1-3-15-29;3-1(4)2(5)6/h4-13,18,30-31H,1-3,14-17H2;(H,3,4)(H,5,6). The molecule has 208 valence electrons. The maximum absolute atomic E-state index is 13.6. The molecule has 10 heteroatoms. The number of carbonyl (C=O) groups is 3. The van der Waals surface area contributed by atoms with E-state index in [0.717, 1.165) is 45.9 Å². The number of phenolic OH excluding ortho intramolecular Hbond substituents is 2. The van der Waals surface area contributed by atoms with Gasteiger partial charge in [-0.25, -0.2) is 9.59 Å². The summed E-state index contributed by atoms with van der Waals surface area (Å²) in [6.07, 6.45) is 3.85. The first-order valence-corrected chi connectivity index (χ1v) is 13.6. The highest BCUT2D eigenvalue weighted by Gasteiger charge is 2.22. The second kappa shape index (κ2) is 13.1. The van der Waals surface area contributed by atoms with E-state index in [2.05, 4.69) is 4.90 Å². The zero-order valence-corrected chi connectivity index (χ0v) is 22.4. The molecular formula is C30H29NO8S. The third kappa shape index (κ3) is 7.16. The maximum Gasteiger partial charge on any atom is 0.414 e. The lowest BCUT2D eigenvalue weighted by atomic mass is 9.97. The van der Waals surface area contributed by atoms with Gasteiger partial charge in [-0.3, -0.25) is 9.69 Å². The number of fused-ring (bicyclic) bond motifs is 1. The Hall–Kier alpha value is -4.41. The van der Waals surface area contributed by atoms with Crippen LogP contribution in [0.4, 0.5) is 0 Å². The number of carboxylic acids is 2. The molecule has 0 unspecified atom stereocenters. The normalized spacial score (nSPS) is 13.3. The Kier molecular flexibility index (Phi) is 9.36. The molecule has 1 saturated heterocycles. The highest BCUT2D eigenvalue weighted by molar-refractivity contribution is 7.22. The van der Waals surface area contributed by atoms with Gasteiger partial charge in [-0.05, 0) is 98.2 Å². The zero-order valence-electron chi connectivity index (χ0n) is 21.6. The highest BCUT2D eigenvalue weighted by Crippen LogP contribution is 2.41. The van der Waals surface area contributed by atoms with Crippen LogP contribution in [0.25, 0.3) is 20.5 Å². The molecule has 40 heavy (non-hydrogen) atoms. The number of phenols is 2. The lowest BCUT2D eigenvalue weighted by Gasteiger charge is -2.26. The minimum atomic E-state index is -1.82. The van der Waals surface area contributed by atoms with Gasteiger partial charge in [-0.1, -0.05) is 6.42 Å². The van der Waals surface area contributed by atoms with Crippen molar-refractivity contribution in [2.75, 3.05) is 26.2 Å². The van der Waals surface area contributed by atoms with Gasteiger partial charge in [-0.2, -0.15) is 0 Å². The molecule has 0 bridgehead atoms. The molecule has 0 aliphatic carbocycles. The first kappa shape index (κ1) is 28.6. The first-order chi connectivity index (χ1) is 19.2. The van der Waals surface area contributed by atoms with Gasteiger partial charge >= 0.3 is 11.9 Å². The predicted molar refractivity (Wildman–Crippen MR) is 152 cm³/mol. The summed E-state index contributed by atoms with van der Waals surface area (Å²) in [4.78, 5) is 35.1. The molecule has 9 nitrogen and oxygen atoms in total. The van der Waals surface area contributed by atoms with Crippen LogP contribution < -0.4 is 4.74 Å². The summed E-state index contributed by atoms with van der Waals surface area (Å²) in [5.74, 6) is -2.64. The van der Waals surface area contributed by atoms with Crippen molar-refractivity contribution < 1.29 is 39.5 Å². The maximum atomic E-state index is 13.6. The Morgan fingerprint density at radius 3 is 2.05 bits per heavy atom. The third-order valence-electron chi connectivity index (χ3n) is 6.45. The summed E-state index contributed by atoms with van der Waals surface area (Å²) in [6.45, 7) is 3.85. The van der Waals surface area contributed by atoms with E-state index in [1.54, 1.807) is 42.5 Å². The Labute approximate surface area is 234 Å². The molecule has 1 fully saturated rings.